The maximum absolute atomic E-state index is 11.6. The third-order valence-electron chi connectivity index (χ3n) is 1.47. The largest absolute Gasteiger partial charge is 0.389 e. The summed E-state index contributed by atoms with van der Waals surface area (Å²) in [6.45, 7) is 2.46. The molecule has 1 unspecified atom stereocenters. The molecule has 0 saturated heterocycles. The summed E-state index contributed by atoms with van der Waals surface area (Å²) >= 11 is 0. The molecule has 0 aliphatic rings. The van der Waals surface area contributed by atoms with Gasteiger partial charge in [0.05, 0.1) is 0 Å². The van der Waals surface area contributed by atoms with Gasteiger partial charge >= 0.3 is 6.18 Å². The lowest BCUT2D eigenvalue weighted by molar-refractivity contribution is -0.137. The zero-order chi connectivity index (χ0) is 8.91. The van der Waals surface area contributed by atoms with Crippen molar-refractivity contribution in [3.8, 4) is 0 Å². The number of alkyl halides is 3. The first-order valence-electron chi connectivity index (χ1n) is 3.67. The summed E-state index contributed by atoms with van der Waals surface area (Å²) in [5, 5.41) is 2.84. The average molecular weight is 206 g/mol. The van der Waals surface area contributed by atoms with Gasteiger partial charge < -0.3 is 5.32 Å². The van der Waals surface area contributed by atoms with Gasteiger partial charge in [-0.2, -0.15) is 13.2 Å². The van der Waals surface area contributed by atoms with Crippen molar-refractivity contribution < 1.29 is 13.2 Å². The van der Waals surface area contributed by atoms with E-state index in [9.17, 15) is 13.2 Å². The summed E-state index contributed by atoms with van der Waals surface area (Å²) in [4.78, 5) is 0. The predicted molar refractivity (Wildman–Crippen MR) is 45.6 cm³/mol. The van der Waals surface area contributed by atoms with Crippen LogP contribution in [0.2, 0.25) is 0 Å². The molecule has 1 nitrogen and oxygen atoms in total. The van der Waals surface area contributed by atoms with Crippen molar-refractivity contribution >= 4 is 12.4 Å². The van der Waals surface area contributed by atoms with Gasteiger partial charge in [-0.3, -0.25) is 0 Å². The monoisotopic (exact) mass is 205 g/mol. The Bertz CT molecular complexity index is 105. The van der Waals surface area contributed by atoms with Crippen LogP contribution in [0.4, 0.5) is 13.2 Å². The Morgan fingerprint density at radius 1 is 1.33 bits per heavy atom. The molecule has 12 heavy (non-hydrogen) atoms. The minimum atomic E-state index is -4.00. The number of halogens is 4. The highest BCUT2D eigenvalue weighted by molar-refractivity contribution is 5.85. The molecule has 0 aromatic carbocycles. The Morgan fingerprint density at radius 2 is 1.83 bits per heavy atom. The van der Waals surface area contributed by atoms with Crippen molar-refractivity contribution in [2.45, 2.75) is 25.9 Å². The third-order valence-corrected chi connectivity index (χ3v) is 1.47. The lowest BCUT2D eigenvalue weighted by Crippen LogP contribution is -2.18. The Morgan fingerprint density at radius 3 is 2.17 bits per heavy atom. The summed E-state index contributed by atoms with van der Waals surface area (Å²) in [6, 6.07) is 0. The SMILES string of the molecule is CNCC(C)CCC(F)(F)F.Cl. The number of rotatable bonds is 4. The molecule has 1 N–H and O–H groups in total. The van der Waals surface area contributed by atoms with Gasteiger partial charge in [-0.25, -0.2) is 0 Å². The maximum Gasteiger partial charge on any atom is 0.389 e. The van der Waals surface area contributed by atoms with E-state index < -0.39 is 12.6 Å². The quantitative estimate of drug-likeness (QED) is 0.744. The van der Waals surface area contributed by atoms with Crippen LogP contribution in [0.15, 0.2) is 0 Å². The summed E-state index contributed by atoms with van der Waals surface area (Å²) in [5.41, 5.74) is 0. The second-order valence-electron chi connectivity index (χ2n) is 2.82. The summed E-state index contributed by atoms with van der Waals surface area (Å²) in [5.74, 6) is 0.0987. The molecule has 0 aliphatic heterocycles. The highest BCUT2D eigenvalue weighted by Crippen LogP contribution is 2.23. The van der Waals surface area contributed by atoms with Crippen LogP contribution < -0.4 is 5.32 Å². The highest BCUT2D eigenvalue weighted by atomic mass is 35.5. The van der Waals surface area contributed by atoms with Gasteiger partial charge in [0.2, 0.25) is 0 Å². The van der Waals surface area contributed by atoms with Gasteiger partial charge in [0, 0.05) is 6.42 Å². The average Bonchev–Trinajstić information content (AvgIpc) is 1.83. The Hall–Kier alpha value is 0.0400. The minimum absolute atomic E-state index is 0. The molecule has 76 valence electrons. The van der Waals surface area contributed by atoms with E-state index >= 15 is 0 Å². The molecule has 0 bridgehead atoms. The van der Waals surface area contributed by atoms with Crippen molar-refractivity contribution in [1.29, 1.82) is 0 Å². The molecule has 0 radical (unpaired) electrons. The van der Waals surface area contributed by atoms with Gasteiger partial charge in [-0.15, -0.1) is 12.4 Å². The molecule has 0 rings (SSSR count). The van der Waals surface area contributed by atoms with Crippen LogP contribution in [0, 0.1) is 5.92 Å². The van der Waals surface area contributed by atoms with Crippen LogP contribution in [0.5, 0.6) is 0 Å². The molecule has 0 saturated carbocycles. The summed E-state index contributed by atoms with van der Waals surface area (Å²) in [6.07, 6.45) is -4.46. The summed E-state index contributed by atoms with van der Waals surface area (Å²) in [7, 11) is 1.74. The molecule has 1 atom stereocenters. The second kappa shape index (κ2) is 6.54. The van der Waals surface area contributed by atoms with Crippen molar-refractivity contribution in [2.24, 2.45) is 5.92 Å². The summed E-state index contributed by atoms with van der Waals surface area (Å²) < 4.78 is 34.9. The van der Waals surface area contributed by atoms with Crippen LogP contribution in [0.1, 0.15) is 19.8 Å². The van der Waals surface area contributed by atoms with Gasteiger partial charge in [0.1, 0.15) is 0 Å². The first-order valence-corrected chi connectivity index (χ1v) is 3.67. The smallest absolute Gasteiger partial charge is 0.319 e. The van der Waals surface area contributed by atoms with Crippen LogP contribution >= 0.6 is 12.4 Å². The molecular weight excluding hydrogens is 191 g/mol. The standard InChI is InChI=1S/C7H14F3N.ClH/c1-6(5-11-2)3-4-7(8,9)10;/h6,11H,3-5H2,1-2H3;1H. The third kappa shape index (κ3) is 10.0. The van der Waals surface area contributed by atoms with Crippen LogP contribution in [0.25, 0.3) is 0 Å². The van der Waals surface area contributed by atoms with E-state index in [1.807, 2.05) is 6.92 Å². The fourth-order valence-corrected chi connectivity index (χ4v) is 0.861. The predicted octanol–water partition coefficient (Wildman–Crippen LogP) is 2.61. The van der Waals surface area contributed by atoms with E-state index in [-0.39, 0.29) is 24.7 Å². The van der Waals surface area contributed by atoms with E-state index in [4.69, 9.17) is 0 Å². The highest BCUT2D eigenvalue weighted by Gasteiger charge is 2.27. The van der Waals surface area contributed by atoms with E-state index in [1.54, 1.807) is 7.05 Å². The molecule has 0 aliphatic carbocycles. The molecular formula is C7H15ClF3N. The molecule has 0 amide bonds. The number of hydrogen-bond donors (Lipinski definition) is 1. The second-order valence-corrected chi connectivity index (χ2v) is 2.82. The van der Waals surface area contributed by atoms with Crippen molar-refractivity contribution in [3.63, 3.8) is 0 Å². The molecule has 0 aromatic heterocycles. The zero-order valence-electron chi connectivity index (χ0n) is 7.24. The minimum Gasteiger partial charge on any atom is -0.319 e. The van der Waals surface area contributed by atoms with E-state index in [0.29, 0.717) is 6.54 Å². The van der Waals surface area contributed by atoms with Crippen LogP contribution in [-0.4, -0.2) is 19.8 Å². The van der Waals surface area contributed by atoms with Crippen molar-refractivity contribution in [2.75, 3.05) is 13.6 Å². The molecule has 0 fully saturated rings. The number of hydrogen-bond acceptors (Lipinski definition) is 1. The van der Waals surface area contributed by atoms with Gasteiger partial charge in [-0.1, -0.05) is 6.92 Å². The van der Waals surface area contributed by atoms with E-state index in [2.05, 4.69) is 5.32 Å². The Balaban J connectivity index is 0. The maximum atomic E-state index is 11.6. The van der Waals surface area contributed by atoms with Gasteiger partial charge in [-0.05, 0) is 25.9 Å². The number of nitrogens with one attached hydrogen (secondary N) is 1. The first kappa shape index (κ1) is 14.6. The fourth-order valence-electron chi connectivity index (χ4n) is 0.861. The topological polar surface area (TPSA) is 12.0 Å². The first-order chi connectivity index (χ1) is 4.95. The van der Waals surface area contributed by atoms with Crippen molar-refractivity contribution in [1.82, 2.24) is 5.32 Å². The Labute approximate surface area is 77.1 Å². The lowest BCUT2D eigenvalue weighted by Gasteiger charge is -2.11. The van der Waals surface area contributed by atoms with Crippen molar-refractivity contribution in [3.05, 3.63) is 0 Å². The normalized spacial score (nSPS) is 13.8. The Kier molecular flexibility index (Phi) is 7.94. The van der Waals surface area contributed by atoms with Gasteiger partial charge in [0.15, 0.2) is 0 Å². The molecule has 0 spiro atoms. The van der Waals surface area contributed by atoms with E-state index in [0.717, 1.165) is 0 Å². The van der Waals surface area contributed by atoms with Crippen LogP contribution in [-0.2, 0) is 0 Å². The fraction of sp³-hybridized carbons (Fsp3) is 1.00. The molecule has 0 heterocycles. The molecule has 5 heteroatoms. The lowest BCUT2D eigenvalue weighted by atomic mass is 10.1. The van der Waals surface area contributed by atoms with E-state index in [1.165, 1.54) is 0 Å². The zero-order valence-corrected chi connectivity index (χ0v) is 8.06. The van der Waals surface area contributed by atoms with Crippen LogP contribution in [0.3, 0.4) is 0 Å². The van der Waals surface area contributed by atoms with Gasteiger partial charge in [0.25, 0.3) is 0 Å². The molecule has 0 aromatic rings.